The van der Waals surface area contributed by atoms with Gasteiger partial charge in [0.25, 0.3) is 0 Å². The van der Waals surface area contributed by atoms with Crippen molar-refractivity contribution < 1.29 is 0 Å². The maximum Gasteiger partial charge on any atom is 0.124 e. The highest BCUT2D eigenvalue weighted by atomic mass is 15.3. The van der Waals surface area contributed by atoms with Gasteiger partial charge >= 0.3 is 0 Å². The highest BCUT2D eigenvalue weighted by Crippen LogP contribution is 2.40. The van der Waals surface area contributed by atoms with Crippen LogP contribution in [0.25, 0.3) is 61.1 Å². The van der Waals surface area contributed by atoms with E-state index in [1.165, 1.54) is 10.9 Å². The molecule has 0 unspecified atom stereocenters. The molecule has 0 spiro atoms. The van der Waals surface area contributed by atoms with Gasteiger partial charge in [0.2, 0.25) is 0 Å². The summed E-state index contributed by atoms with van der Waals surface area (Å²) in [7, 11) is 0. The predicted octanol–water partition coefficient (Wildman–Crippen LogP) is 8.28. The van der Waals surface area contributed by atoms with Crippen molar-refractivity contribution in [3.05, 3.63) is 133 Å². The van der Waals surface area contributed by atoms with Crippen molar-refractivity contribution in [2.75, 3.05) is 0 Å². The molecule has 5 aromatic carbocycles. The minimum Gasteiger partial charge on any atom is -0.232 e. The highest BCUT2D eigenvalue weighted by molar-refractivity contribution is 6.08. The molecule has 0 aliphatic rings. The standard InChI is InChI=1S/C34H24N4/c1-23-16-20-29(21-17-23)38-34(26-13-6-3-7-14-26)30-31(25-11-4-2-5-12-25)35-36-32(33(30)37-38)28-19-18-24-10-8-9-15-27(24)22-28/h2-22H,1H3. The third kappa shape index (κ3) is 3.75. The fourth-order valence-electron chi connectivity index (χ4n) is 5.07. The Hall–Kier alpha value is -5.09. The molecular weight excluding hydrogens is 464 g/mol. The first-order chi connectivity index (χ1) is 18.8. The maximum absolute atomic E-state index is 5.25. The zero-order chi connectivity index (χ0) is 25.5. The zero-order valence-corrected chi connectivity index (χ0v) is 20.9. The molecule has 4 nitrogen and oxygen atoms in total. The van der Waals surface area contributed by atoms with Crippen LogP contribution in [0.1, 0.15) is 5.56 Å². The lowest BCUT2D eigenvalue weighted by atomic mass is 9.99. The van der Waals surface area contributed by atoms with E-state index in [9.17, 15) is 0 Å². The van der Waals surface area contributed by atoms with Gasteiger partial charge in [0.05, 0.1) is 16.8 Å². The molecule has 0 fully saturated rings. The molecule has 0 radical (unpaired) electrons. The van der Waals surface area contributed by atoms with Gasteiger partial charge < -0.3 is 0 Å². The summed E-state index contributed by atoms with van der Waals surface area (Å²) >= 11 is 0. The molecule has 7 aromatic rings. The molecular formula is C34H24N4. The molecule has 0 aliphatic heterocycles. The third-order valence-corrected chi connectivity index (χ3v) is 6.99. The molecule has 0 atom stereocenters. The Morgan fingerprint density at radius 1 is 0.526 bits per heavy atom. The Bertz CT molecular complexity index is 1900. The lowest BCUT2D eigenvalue weighted by Gasteiger charge is -2.10. The van der Waals surface area contributed by atoms with E-state index in [1.807, 2.05) is 28.9 Å². The maximum atomic E-state index is 5.25. The summed E-state index contributed by atoms with van der Waals surface area (Å²) < 4.78 is 2.04. The number of rotatable bonds is 4. The van der Waals surface area contributed by atoms with Crippen molar-refractivity contribution in [2.45, 2.75) is 6.92 Å². The zero-order valence-electron chi connectivity index (χ0n) is 20.9. The molecule has 2 aromatic heterocycles. The van der Waals surface area contributed by atoms with Crippen molar-refractivity contribution >= 4 is 21.7 Å². The number of hydrogen-bond acceptors (Lipinski definition) is 3. The normalized spacial score (nSPS) is 11.3. The first-order valence-corrected chi connectivity index (χ1v) is 12.7. The minimum atomic E-state index is 0.772. The van der Waals surface area contributed by atoms with E-state index in [-0.39, 0.29) is 0 Å². The molecule has 0 saturated carbocycles. The lowest BCUT2D eigenvalue weighted by Crippen LogP contribution is -1.99. The number of nitrogens with zero attached hydrogens (tertiary/aromatic N) is 4. The highest BCUT2D eigenvalue weighted by Gasteiger charge is 2.24. The van der Waals surface area contributed by atoms with Crippen molar-refractivity contribution in [1.82, 2.24) is 20.0 Å². The van der Waals surface area contributed by atoms with Crippen LogP contribution < -0.4 is 0 Å². The van der Waals surface area contributed by atoms with Crippen molar-refractivity contribution in [3.63, 3.8) is 0 Å². The topological polar surface area (TPSA) is 43.6 Å². The molecule has 4 heteroatoms. The Balaban J connectivity index is 1.60. The number of benzene rings is 5. The largest absolute Gasteiger partial charge is 0.232 e. The first-order valence-electron chi connectivity index (χ1n) is 12.7. The Labute approximate surface area is 220 Å². The van der Waals surface area contributed by atoms with Crippen LogP contribution in [0.2, 0.25) is 0 Å². The van der Waals surface area contributed by atoms with Gasteiger partial charge in [0.1, 0.15) is 16.9 Å². The summed E-state index contributed by atoms with van der Waals surface area (Å²) in [5, 5.41) is 18.2. The van der Waals surface area contributed by atoms with Gasteiger partial charge in [-0.2, -0.15) is 5.10 Å². The fraction of sp³-hybridized carbons (Fsp3) is 0.0294. The molecule has 0 amide bonds. The van der Waals surface area contributed by atoms with Gasteiger partial charge in [-0.15, -0.1) is 10.2 Å². The quantitative estimate of drug-likeness (QED) is 0.250. The van der Waals surface area contributed by atoms with E-state index >= 15 is 0 Å². The van der Waals surface area contributed by atoms with Gasteiger partial charge in [-0.3, -0.25) is 0 Å². The van der Waals surface area contributed by atoms with Gasteiger partial charge in [-0.25, -0.2) is 4.68 Å². The second-order valence-corrected chi connectivity index (χ2v) is 9.51. The van der Waals surface area contributed by atoms with Crippen LogP contribution in [0, 0.1) is 6.92 Å². The van der Waals surface area contributed by atoms with E-state index in [1.54, 1.807) is 0 Å². The first kappa shape index (κ1) is 22.1. The number of aryl methyl sites for hydroxylation is 1. The molecule has 0 aliphatic carbocycles. The summed E-state index contributed by atoms with van der Waals surface area (Å²) in [5.74, 6) is 0. The van der Waals surface area contributed by atoms with Crippen molar-refractivity contribution in [1.29, 1.82) is 0 Å². The SMILES string of the molecule is Cc1ccc(-n2nc3c(-c4ccc5ccccc5c4)nnc(-c4ccccc4)c3c2-c2ccccc2)cc1. The molecule has 7 rings (SSSR count). The third-order valence-electron chi connectivity index (χ3n) is 6.99. The van der Waals surface area contributed by atoms with E-state index in [0.29, 0.717) is 0 Å². The summed E-state index contributed by atoms with van der Waals surface area (Å²) in [6.07, 6.45) is 0. The second kappa shape index (κ2) is 9.09. The van der Waals surface area contributed by atoms with Crippen LogP contribution in [0.4, 0.5) is 0 Å². The number of aromatic nitrogens is 4. The monoisotopic (exact) mass is 488 g/mol. The van der Waals surface area contributed by atoms with Crippen LogP contribution >= 0.6 is 0 Å². The molecule has 180 valence electrons. The van der Waals surface area contributed by atoms with Crippen molar-refractivity contribution in [2.24, 2.45) is 0 Å². The van der Waals surface area contributed by atoms with Gasteiger partial charge in [0, 0.05) is 16.7 Å². The van der Waals surface area contributed by atoms with E-state index in [2.05, 4.69) is 110 Å². The van der Waals surface area contributed by atoms with Crippen molar-refractivity contribution in [3.8, 4) is 39.5 Å². The Kier molecular flexibility index (Phi) is 5.30. The van der Waals surface area contributed by atoms with E-state index in [4.69, 9.17) is 15.3 Å². The summed E-state index contributed by atoms with van der Waals surface area (Å²) in [6, 6.07) is 43.9. The Morgan fingerprint density at radius 2 is 1.16 bits per heavy atom. The van der Waals surface area contributed by atoms with Crippen LogP contribution in [0.3, 0.4) is 0 Å². The smallest absolute Gasteiger partial charge is 0.124 e. The van der Waals surface area contributed by atoms with E-state index < -0.39 is 0 Å². The Morgan fingerprint density at radius 3 is 1.89 bits per heavy atom. The molecule has 0 N–H and O–H groups in total. The molecule has 2 heterocycles. The molecule has 38 heavy (non-hydrogen) atoms. The van der Waals surface area contributed by atoms with Crippen LogP contribution in [-0.2, 0) is 0 Å². The predicted molar refractivity (Wildman–Crippen MR) is 155 cm³/mol. The van der Waals surface area contributed by atoms with Crippen LogP contribution in [0.15, 0.2) is 127 Å². The van der Waals surface area contributed by atoms with Gasteiger partial charge in [0.15, 0.2) is 0 Å². The van der Waals surface area contributed by atoms with Gasteiger partial charge in [-0.05, 0) is 35.9 Å². The van der Waals surface area contributed by atoms with Crippen LogP contribution in [0.5, 0.6) is 0 Å². The summed E-state index contributed by atoms with van der Waals surface area (Å²) in [4.78, 5) is 0. The second-order valence-electron chi connectivity index (χ2n) is 9.51. The average Bonchev–Trinajstić information content (AvgIpc) is 3.38. The van der Waals surface area contributed by atoms with Crippen LogP contribution in [-0.4, -0.2) is 20.0 Å². The fourth-order valence-corrected chi connectivity index (χ4v) is 5.07. The summed E-state index contributed by atoms with van der Waals surface area (Å²) in [5.41, 5.74) is 8.70. The number of hydrogen-bond donors (Lipinski definition) is 0. The number of fused-ring (bicyclic) bond motifs is 2. The molecule has 0 saturated heterocycles. The average molecular weight is 489 g/mol. The van der Waals surface area contributed by atoms with Gasteiger partial charge in [-0.1, -0.05) is 115 Å². The molecule has 0 bridgehead atoms. The summed E-state index contributed by atoms with van der Waals surface area (Å²) in [6.45, 7) is 2.10. The lowest BCUT2D eigenvalue weighted by molar-refractivity contribution is 0.902. The van der Waals surface area contributed by atoms with E-state index in [0.717, 1.165) is 55.7 Å². The minimum absolute atomic E-state index is 0.772.